The quantitative estimate of drug-likeness (QED) is 0.680. The molecule has 0 saturated carbocycles. The molecule has 4 atom stereocenters. The molecular weight excluding hydrogens is 454 g/mol. The van der Waals surface area contributed by atoms with Crippen LogP contribution >= 0.6 is 11.6 Å². The highest BCUT2D eigenvalue weighted by atomic mass is 35.5. The molecule has 4 aliphatic heterocycles. The molecule has 0 bridgehead atoms. The molecule has 1 N–H and O–H groups in total. The van der Waals surface area contributed by atoms with E-state index in [0.29, 0.717) is 23.0 Å². The lowest BCUT2D eigenvalue weighted by atomic mass is 9.75. The number of benzene rings is 2. The van der Waals surface area contributed by atoms with Gasteiger partial charge in [0.05, 0.1) is 24.6 Å². The van der Waals surface area contributed by atoms with Crippen LogP contribution in [0.3, 0.4) is 0 Å². The number of carbonyl (C=O) groups excluding carboxylic acids is 3. The minimum Gasteiger partial charge on any atom is -0.495 e. The first-order chi connectivity index (χ1) is 16.3. The first-order valence-corrected chi connectivity index (χ1v) is 12.2. The van der Waals surface area contributed by atoms with Gasteiger partial charge in [-0.2, -0.15) is 0 Å². The molecule has 2 aromatic carbocycles. The summed E-state index contributed by atoms with van der Waals surface area (Å²) in [5, 5.41) is 3.53. The number of nitrogens with zero attached hydrogens (tertiary/aromatic N) is 2. The van der Waals surface area contributed by atoms with Crippen molar-refractivity contribution in [2.45, 2.75) is 44.7 Å². The maximum absolute atomic E-state index is 14.2. The van der Waals surface area contributed by atoms with Crippen molar-refractivity contribution >= 4 is 40.7 Å². The fraction of sp³-hybridized carbons (Fsp3) is 0.423. The van der Waals surface area contributed by atoms with Crippen molar-refractivity contribution in [1.82, 2.24) is 4.90 Å². The molecule has 3 fully saturated rings. The average molecular weight is 480 g/mol. The summed E-state index contributed by atoms with van der Waals surface area (Å²) < 4.78 is 5.50. The summed E-state index contributed by atoms with van der Waals surface area (Å²) in [5.74, 6) is -1.85. The molecule has 8 heteroatoms. The number of hydrogen-bond acceptors (Lipinski definition) is 5. The molecule has 1 spiro atoms. The zero-order valence-corrected chi connectivity index (χ0v) is 20.1. The van der Waals surface area contributed by atoms with E-state index in [-0.39, 0.29) is 23.8 Å². The standard InChI is InChI=1S/C26H26ClN3O4/c1-4-14-7-8-17-15(11-14)26(25(33)28-17)22-21(18-6-5-9-29(18)26)23(31)30(24(22)32)19-10-13(2)16(27)12-20(19)34-3/h7-8,10-12,18,21-22H,4-6,9H2,1-3H3,(H,28,33)/t18-,21+,22-,26+/m0/s1. The normalized spacial score (nSPS) is 29.6. The topological polar surface area (TPSA) is 79.0 Å². The molecule has 0 aliphatic carbocycles. The average Bonchev–Trinajstić information content (AvgIpc) is 3.53. The number of amides is 3. The number of halogens is 1. The van der Waals surface area contributed by atoms with E-state index in [9.17, 15) is 14.4 Å². The van der Waals surface area contributed by atoms with Crippen LogP contribution in [-0.2, 0) is 26.3 Å². The van der Waals surface area contributed by atoms with E-state index in [1.807, 2.05) is 25.1 Å². The number of fused-ring (bicyclic) bond motifs is 7. The number of hydrogen-bond donors (Lipinski definition) is 1. The Morgan fingerprint density at radius 3 is 2.71 bits per heavy atom. The van der Waals surface area contributed by atoms with Crippen LogP contribution in [0.1, 0.15) is 36.5 Å². The second kappa shape index (κ2) is 7.30. The minimum atomic E-state index is -1.18. The van der Waals surface area contributed by atoms with E-state index < -0.39 is 17.4 Å². The van der Waals surface area contributed by atoms with Gasteiger partial charge < -0.3 is 10.1 Å². The summed E-state index contributed by atoms with van der Waals surface area (Å²) in [5.41, 5.74) is 2.59. The lowest BCUT2D eigenvalue weighted by Crippen LogP contribution is -2.54. The number of nitrogens with one attached hydrogen (secondary N) is 1. The van der Waals surface area contributed by atoms with E-state index in [2.05, 4.69) is 17.1 Å². The lowest BCUT2D eigenvalue weighted by Gasteiger charge is -2.37. The summed E-state index contributed by atoms with van der Waals surface area (Å²) in [7, 11) is 1.49. The van der Waals surface area contributed by atoms with Crippen LogP contribution in [-0.4, -0.2) is 42.3 Å². The molecule has 4 heterocycles. The van der Waals surface area contributed by atoms with Gasteiger partial charge in [-0.3, -0.25) is 19.3 Å². The third-order valence-corrected chi connectivity index (χ3v) is 8.57. The second-order valence-corrected chi connectivity index (χ2v) is 10.1. The fourth-order valence-corrected chi connectivity index (χ4v) is 6.85. The summed E-state index contributed by atoms with van der Waals surface area (Å²) in [4.78, 5) is 45.3. The van der Waals surface area contributed by atoms with Crippen LogP contribution in [0.15, 0.2) is 30.3 Å². The van der Waals surface area contributed by atoms with Gasteiger partial charge in [0.15, 0.2) is 0 Å². The number of ether oxygens (including phenoxy) is 1. The maximum atomic E-state index is 14.2. The van der Waals surface area contributed by atoms with Crippen molar-refractivity contribution < 1.29 is 19.1 Å². The van der Waals surface area contributed by atoms with Crippen molar-refractivity contribution in [3.05, 3.63) is 52.0 Å². The SMILES string of the molecule is CCc1ccc2c(c1)[C@]1(C(=O)N2)[C@@H]2C(=O)N(c3cc(C)c(Cl)cc3OC)C(=O)[C@@H]2[C@@H]2CCCN21. The van der Waals surface area contributed by atoms with Crippen molar-refractivity contribution in [1.29, 1.82) is 0 Å². The van der Waals surface area contributed by atoms with Crippen molar-refractivity contribution in [2.75, 3.05) is 23.9 Å². The van der Waals surface area contributed by atoms with E-state index in [0.717, 1.165) is 41.6 Å². The Hall–Kier alpha value is -2.90. The van der Waals surface area contributed by atoms with Gasteiger partial charge in [-0.1, -0.05) is 30.7 Å². The Balaban J connectivity index is 1.56. The molecule has 0 radical (unpaired) electrons. The van der Waals surface area contributed by atoms with E-state index in [1.54, 1.807) is 12.1 Å². The second-order valence-electron chi connectivity index (χ2n) is 9.65. The number of methoxy groups -OCH3 is 1. The molecule has 3 saturated heterocycles. The Morgan fingerprint density at radius 1 is 1.18 bits per heavy atom. The lowest BCUT2D eigenvalue weighted by molar-refractivity contribution is -0.135. The number of anilines is 2. The Kier molecular flexibility index (Phi) is 4.64. The molecule has 176 valence electrons. The first kappa shape index (κ1) is 21.6. The highest BCUT2D eigenvalue weighted by Crippen LogP contribution is 2.61. The van der Waals surface area contributed by atoms with Crippen molar-refractivity contribution in [3.8, 4) is 5.75 Å². The molecule has 3 amide bonds. The van der Waals surface area contributed by atoms with E-state index in [4.69, 9.17) is 16.3 Å². The van der Waals surface area contributed by atoms with Gasteiger partial charge in [0, 0.05) is 28.4 Å². The summed E-state index contributed by atoms with van der Waals surface area (Å²) in [6, 6.07) is 9.15. The van der Waals surface area contributed by atoms with Crippen molar-refractivity contribution in [3.63, 3.8) is 0 Å². The van der Waals surface area contributed by atoms with Crippen LogP contribution in [0.5, 0.6) is 5.75 Å². The zero-order valence-electron chi connectivity index (χ0n) is 19.4. The summed E-state index contributed by atoms with van der Waals surface area (Å²) >= 11 is 6.29. The first-order valence-electron chi connectivity index (χ1n) is 11.8. The predicted octanol–water partition coefficient (Wildman–Crippen LogP) is 3.65. The van der Waals surface area contributed by atoms with Gasteiger partial charge in [0.1, 0.15) is 11.3 Å². The smallest absolute Gasteiger partial charge is 0.250 e. The van der Waals surface area contributed by atoms with Crippen molar-refractivity contribution in [2.24, 2.45) is 11.8 Å². The van der Waals surface area contributed by atoms with Crippen LogP contribution in [0, 0.1) is 18.8 Å². The van der Waals surface area contributed by atoms with E-state index >= 15 is 0 Å². The third-order valence-electron chi connectivity index (χ3n) is 8.17. The third kappa shape index (κ3) is 2.49. The van der Waals surface area contributed by atoms with Crippen LogP contribution in [0.25, 0.3) is 0 Å². The van der Waals surface area contributed by atoms with Gasteiger partial charge >= 0.3 is 0 Å². The predicted molar refractivity (Wildman–Crippen MR) is 128 cm³/mol. The number of imide groups is 1. The van der Waals surface area contributed by atoms with Crippen LogP contribution in [0.2, 0.25) is 5.02 Å². The molecule has 0 unspecified atom stereocenters. The molecule has 34 heavy (non-hydrogen) atoms. The maximum Gasteiger partial charge on any atom is 0.250 e. The van der Waals surface area contributed by atoms with Crippen LogP contribution in [0.4, 0.5) is 11.4 Å². The van der Waals surface area contributed by atoms with Gasteiger partial charge in [0.25, 0.3) is 0 Å². The fourth-order valence-electron chi connectivity index (χ4n) is 6.69. The van der Waals surface area contributed by atoms with E-state index in [1.165, 1.54) is 12.0 Å². The number of carbonyl (C=O) groups is 3. The van der Waals surface area contributed by atoms with Crippen LogP contribution < -0.4 is 15.0 Å². The summed E-state index contributed by atoms with van der Waals surface area (Å²) in [6.07, 6.45) is 2.48. The van der Waals surface area contributed by atoms with Gasteiger partial charge in [-0.05, 0) is 56.0 Å². The molecular formula is C26H26ClN3O4. The monoisotopic (exact) mass is 479 g/mol. The number of aryl methyl sites for hydroxylation is 2. The molecule has 0 aromatic heterocycles. The number of rotatable bonds is 3. The largest absolute Gasteiger partial charge is 0.495 e. The Morgan fingerprint density at radius 2 is 1.97 bits per heavy atom. The van der Waals surface area contributed by atoms with Gasteiger partial charge in [-0.25, -0.2) is 4.90 Å². The zero-order chi connectivity index (χ0) is 23.9. The Labute approximate surface area is 203 Å². The highest BCUT2D eigenvalue weighted by molar-refractivity contribution is 6.32. The molecule has 4 aliphatic rings. The van der Waals surface area contributed by atoms with Gasteiger partial charge in [-0.15, -0.1) is 0 Å². The molecule has 6 rings (SSSR count). The highest BCUT2D eigenvalue weighted by Gasteiger charge is 2.74. The summed E-state index contributed by atoms with van der Waals surface area (Å²) in [6.45, 7) is 4.57. The minimum absolute atomic E-state index is 0.159. The van der Waals surface area contributed by atoms with Gasteiger partial charge in [0.2, 0.25) is 17.7 Å². The molecule has 2 aromatic rings. The Bertz CT molecular complexity index is 1280. The molecule has 7 nitrogen and oxygen atoms in total.